The van der Waals surface area contributed by atoms with E-state index in [1.807, 2.05) is 6.92 Å². The van der Waals surface area contributed by atoms with Gasteiger partial charge in [-0.15, -0.1) is 0 Å². The predicted octanol–water partition coefficient (Wildman–Crippen LogP) is 1.70. The largest absolute Gasteiger partial charge is 0.433 e. The summed E-state index contributed by atoms with van der Waals surface area (Å²) in [5.74, 6) is -2.46. The first kappa shape index (κ1) is 19.6. The molecule has 0 bridgehead atoms. The second kappa shape index (κ2) is 9.13. The van der Waals surface area contributed by atoms with E-state index in [-0.39, 0.29) is 29.5 Å². The molecule has 1 aromatic carbocycles. The third-order valence-electron chi connectivity index (χ3n) is 3.40. The summed E-state index contributed by atoms with van der Waals surface area (Å²) in [7, 11) is 0. The van der Waals surface area contributed by atoms with Gasteiger partial charge < -0.3 is 20.4 Å². The van der Waals surface area contributed by atoms with Gasteiger partial charge in [-0.1, -0.05) is 19.1 Å². The molecule has 3 amide bonds. The van der Waals surface area contributed by atoms with Gasteiger partial charge in [0.1, 0.15) is 4.92 Å². The molecule has 2 rings (SSSR count). The van der Waals surface area contributed by atoms with E-state index in [2.05, 4.69) is 16.0 Å². The zero-order chi connectivity index (χ0) is 19.8. The number of hydrogen-bond donors (Lipinski definition) is 3. The van der Waals surface area contributed by atoms with Crippen molar-refractivity contribution in [2.24, 2.45) is 0 Å². The number of nitro groups is 1. The van der Waals surface area contributed by atoms with Crippen LogP contribution >= 0.6 is 0 Å². The highest BCUT2D eigenvalue weighted by atomic mass is 16.6. The lowest BCUT2D eigenvalue weighted by Crippen LogP contribution is -2.37. The van der Waals surface area contributed by atoms with Crippen molar-refractivity contribution < 1.29 is 23.7 Å². The van der Waals surface area contributed by atoms with Crippen LogP contribution in [0.1, 0.15) is 34.3 Å². The Labute approximate surface area is 154 Å². The molecular weight excluding hydrogens is 356 g/mol. The van der Waals surface area contributed by atoms with Gasteiger partial charge in [0.15, 0.2) is 5.76 Å². The van der Waals surface area contributed by atoms with Crippen LogP contribution in [0.25, 0.3) is 0 Å². The number of carbonyl (C=O) groups excluding carboxylic acids is 3. The summed E-state index contributed by atoms with van der Waals surface area (Å²) < 4.78 is 4.83. The number of para-hydroxylation sites is 1. The second-order valence-corrected chi connectivity index (χ2v) is 5.43. The summed E-state index contributed by atoms with van der Waals surface area (Å²) in [6.45, 7) is 2.22. The Kier molecular flexibility index (Phi) is 6.64. The molecule has 27 heavy (non-hydrogen) atoms. The van der Waals surface area contributed by atoms with Gasteiger partial charge in [0.25, 0.3) is 11.8 Å². The smallest absolute Gasteiger partial charge is 0.395 e. The zero-order valence-corrected chi connectivity index (χ0v) is 14.5. The van der Waals surface area contributed by atoms with Crippen LogP contribution in [-0.4, -0.2) is 35.7 Å². The first-order valence-corrected chi connectivity index (χ1v) is 8.12. The highest BCUT2D eigenvalue weighted by molar-refractivity contribution is 6.08. The number of carbonyl (C=O) groups is 3. The first-order valence-electron chi connectivity index (χ1n) is 8.12. The molecule has 0 unspecified atom stereocenters. The van der Waals surface area contributed by atoms with Crippen LogP contribution in [0.3, 0.4) is 0 Å². The lowest BCUT2D eigenvalue weighted by atomic mass is 10.1. The van der Waals surface area contributed by atoms with Crippen LogP contribution in [0.15, 0.2) is 40.8 Å². The first-order chi connectivity index (χ1) is 12.9. The Bertz CT molecular complexity index is 861. The van der Waals surface area contributed by atoms with E-state index in [9.17, 15) is 24.5 Å². The topological polar surface area (TPSA) is 144 Å². The molecule has 0 aliphatic carbocycles. The van der Waals surface area contributed by atoms with Crippen molar-refractivity contribution in [2.75, 3.05) is 18.4 Å². The van der Waals surface area contributed by atoms with Crippen LogP contribution in [0, 0.1) is 10.1 Å². The summed E-state index contributed by atoms with van der Waals surface area (Å²) in [4.78, 5) is 45.9. The van der Waals surface area contributed by atoms with Gasteiger partial charge in [-0.05, 0) is 24.6 Å². The van der Waals surface area contributed by atoms with Gasteiger partial charge in [0, 0.05) is 6.54 Å². The molecule has 1 aromatic heterocycles. The minimum Gasteiger partial charge on any atom is -0.395 e. The molecule has 10 heteroatoms. The average molecular weight is 374 g/mol. The van der Waals surface area contributed by atoms with Crippen molar-refractivity contribution in [1.82, 2.24) is 10.6 Å². The van der Waals surface area contributed by atoms with E-state index < -0.39 is 22.6 Å². The molecular formula is C17H18N4O6. The Morgan fingerprint density at radius 2 is 1.81 bits per heavy atom. The predicted molar refractivity (Wildman–Crippen MR) is 95.4 cm³/mol. The van der Waals surface area contributed by atoms with E-state index >= 15 is 0 Å². The minimum absolute atomic E-state index is 0.134. The van der Waals surface area contributed by atoms with E-state index in [0.29, 0.717) is 6.54 Å². The molecule has 0 fully saturated rings. The summed E-state index contributed by atoms with van der Waals surface area (Å²) in [5, 5.41) is 18.2. The summed E-state index contributed by atoms with van der Waals surface area (Å²) in [6.07, 6.45) is 0.777. The van der Waals surface area contributed by atoms with Crippen LogP contribution in [0.4, 0.5) is 11.6 Å². The molecule has 0 radical (unpaired) electrons. The maximum atomic E-state index is 12.3. The number of nitrogens with zero attached hydrogens (tertiary/aromatic N) is 1. The van der Waals surface area contributed by atoms with Crippen LogP contribution in [0.2, 0.25) is 0 Å². The van der Waals surface area contributed by atoms with Crippen LogP contribution in [-0.2, 0) is 4.79 Å². The molecule has 0 spiro atoms. The number of amides is 3. The van der Waals surface area contributed by atoms with Gasteiger partial charge in [-0.2, -0.15) is 0 Å². The fraction of sp³-hybridized carbons (Fsp3) is 0.235. The average Bonchev–Trinajstić information content (AvgIpc) is 3.15. The van der Waals surface area contributed by atoms with Gasteiger partial charge in [-0.25, -0.2) is 0 Å². The number of anilines is 1. The van der Waals surface area contributed by atoms with Crippen molar-refractivity contribution in [1.29, 1.82) is 0 Å². The van der Waals surface area contributed by atoms with Crippen molar-refractivity contribution in [3.63, 3.8) is 0 Å². The quantitative estimate of drug-likeness (QED) is 0.474. The van der Waals surface area contributed by atoms with Gasteiger partial charge in [0.2, 0.25) is 5.91 Å². The molecule has 0 saturated heterocycles. The lowest BCUT2D eigenvalue weighted by Gasteiger charge is -2.10. The normalized spacial score (nSPS) is 10.1. The number of benzene rings is 1. The van der Waals surface area contributed by atoms with E-state index in [1.165, 1.54) is 12.1 Å². The summed E-state index contributed by atoms with van der Waals surface area (Å²) in [5.41, 5.74) is 0.309. The zero-order valence-electron chi connectivity index (χ0n) is 14.5. The SMILES string of the molecule is CCCNC(=O)CNC(=O)c1ccccc1NC(=O)c1ccc([N+](=O)[O-])o1. The van der Waals surface area contributed by atoms with E-state index in [4.69, 9.17) is 4.42 Å². The summed E-state index contributed by atoms with van der Waals surface area (Å²) in [6, 6.07) is 8.38. The second-order valence-electron chi connectivity index (χ2n) is 5.43. The molecule has 1 heterocycles. The van der Waals surface area contributed by atoms with Crippen molar-refractivity contribution >= 4 is 29.3 Å². The Hall–Kier alpha value is -3.69. The monoisotopic (exact) mass is 374 g/mol. The van der Waals surface area contributed by atoms with Gasteiger partial charge >= 0.3 is 5.88 Å². The summed E-state index contributed by atoms with van der Waals surface area (Å²) >= 11 is 0. The third-order valence-corrected chi connectivity index (χ3v) is 3.40. The van der Waals surface area contributed by atoms with Crippen LogP contribution in [0.5, 0.6) is 0 Å². The van der Waals surface area contributed by atoms with E-state index in [0.717, 1.165) is 18.6 Å². The lowest BCUT2D eigenvalue weighted by molar-refractivity contribution is -0.402. The number of nitrogens with one attached hydrogen (secondary N) is 3. The highest BCUT2D eigenvalue weighted by Gasteiger charge is 2.19. The minimum atomic E-state index is -0.762. The van der Waals surface area contributed by atoms with Gasteiger partial charge in [-0.3, -0.25) is 24.5 Å². The fourth-order valence-corrected chi connectivity index (χ4v) is 2.10. The highest BCUT2D eigenvalue weighted by Crippen LogP contribution is 2.19. The van der Waals surface area contributed by atoms with Crippen LogP contribution < -0.4 is 16.0 Å². The molecule has 10 nitrogen and oxygen atoms in total. The molecule has 0 aliphatic heterocycles. The maximum Gasteiger partial charge on any atom is 0.433 e. The Morgan fingerprint density at radius 1 is 1.07 bits per heavy atom. The third kappa shape index (κ3) is 5.39. The van der Waals surface area contributed by atoms with Crippen molar-refractivity contribution in [3.8, 4) is 0 Å². The molecule has 0 atom stereocenters. The molecule has 2 aromatic rings. The Balaban J connectivity index is 2.05. The van der Waals surface area contributed by atoms with Crippen molar-refractivity contribution in [3.05, 3.63) is 57.8 Å². The molecule has 0 saturated carbocycles. The molecule has 0 aliphatic rings. The number of rotatable bonds is 8. The maximum absolute atomic E-state index is 12.3. The van der Waals surface area contributed by atoms with Crippen molar-refractivity contribution in [2.45, 2.75) is 13.3 Å². The van der Waals surface area contributed by atoms with E-state index in [1.54, 1.807) is 12.1 Å². The molecule has 3 N–H and O–H groups in total. The standard InChI is InChI=1S/C17H18N4O6/c1-2-9-18-14(22)10-19-16(23)11-5-3-4-6-12(11)20-17(24)13-7-8-15(27-13)21(25)26/h3-8H,2,9-10H2,1H3,(H,18,22)(H,19,23)(H,20,24). The fourth-order valence-electron chi connectivity index (χ4n) is 2.10. The molecule has 142 valence electrons. The number of furan rings is 1. The van der Waals surface area contributed by atoms with Gasteiger partial charge in [0.05, 0.1) is 23.9 Å². The Morgan fingerprint density at radius 3 is 2.48 bits per heavy atom. The number of hydrogen-bond acceptors (Lipinski definition) is 6.